The van der Waals surface area contributed by atoms with E-state index in [1.807, 2.05) is 14.1 Å². The molecule has 27 heavy (non-hydrogen) atoms. The Kier molecular flexibility index (Phi) is 5.45. The van der Waals surface area contributed by atoms with E-state index < -0.39 is 16.3 Å². The van der Waals surface area contributed by atoms with Crippen LogP contribution in [-0.2, 0) is 10.2 Å². The Morgan fingerprint density at radius 3 is 2.59 bits per heavy atom. The number of rotatable bonds is 5. The Bertz CT molecular complexity index is 933. The van der Waals surface area contributed by atoms with Gasteiger partial charge in [0.15, 0.2) is 0 Å². The number of nitrogens with zero attached hydrogens (tertiary/aromatic N) is 5. The summed E-state index contributed by atoms with van der Waals surface area (Å²) in [5.41, 5.74) is 1.87. The summed E-state index contributed by atoms with van der Waals surface area (Å²) in [5.74, 6) is 0.124. The molecule has 0 spiro atoms. The van der Waals surface area contributed by atoms with Crippen LogP contribution in [0.5, 0.6) is 0 Å². The van der Waals surface area contributed by atoms with Crippen LogP contribution >= 0.6 is 0 Å². The van der Waals surface area contributed by atoms with Gasteiger partial charge in [0.2, 0.25) is 5.95 Å². The molecule has 2 heterocycles. The van der Waals surface area contributed by atoms with Crippen LogP contribution in [-0.4, -0.2) is 61.7 Å². The minimum Gasteiger partial charge on any atom is -0.347 e. The van der Waals surface area contributed by atoms with Crippen LogP contribution < -0.4 is 4.90 Å². The Morgan fingerprint density at radius 2 is 1.96 bits per heavy atom. The van der Waals surface area contributed by atoms with Crippen LogP contribution in [0.25, 0.3) is 11.1 Å². The van der Waals surface area contributed by atoms with Crippen molar-refractivity contribution in [1.29, 1.82) is 0 Å². The summed E-state index contributed by atoms with van der Waals surface area (Å²) >= 11 is 0. The number of halogens is 1. The standard InChI is InChI=1S/C18H24FN5O2S/c1-22(2)18-20-12-15(13-7-5-8-14(19)11-13)17(21-18)16-9-6-10-24(16)27(25,26)23(3)4/h5,7-8,11-12,16H,6,9-10H2,1-4H3. The number of benzene rings is 1. The molecule has 1 unspecified atom stereocenters. The highest BCUT2D eigenvalue weighted by Gasteiger charge is 2.38. The average Bonchev–Trinajstić information content (AvgIpc) is 3.11. The first-order valence-electron chi connectivity index (χ1n) is 8.71. The fraction of sp³-hybridized carbons (Fsp3) is 0.444. The van der Waals surface area contributed by atoms with Crippen LogP contribution in [0.15, 0.2) is 30.5 Å². The van der Waals surface area contributed by atoms with E-state index in [2.05, 4.69) is 9.97 Å². The van der Waals surface area contributed by atoms with E-state index in [-0.39, 0.29) is 5.82 Å². The molecule has 1 atom stereocenters. The molecule has 1 aromatic heterocycles. The second-order valence-electron chi connectivity index (χ2n) is 6.93. The Hall–Kier alpha value is -2.10. The van der Waals surface area contributed by atoms with Crippen molar-refractivity contribution in [1.82, 2.24) is 18.6 Å². The summed E-state index contributed by atoms with van der Waals surface area (Å²) in [6.45, 7) is 0.426. The van der Waals surface area contributed by atoms with E-state index in [1.54, 1.807) is 23.2 Å². The molecular formula is C18H24FN5O2S. The molecule has 1 saturated heterocycles. The van der Waals surface area contributed by atoms with Crippen molar-refractivity contribution in [3.8, 4) is 11.1 Å². The van der Waals surface area contributed by atoms with Crippen LogP contribution in [0, 0.1) is 5.82 Å². The van der Waals surface area contributed by atoms with Crippen molar-refractivity contribution in [2.24, 2.45) is 0 Å². The van der Waals surface area contributed by atoms with Crippen molar-refractivity contribution in [3.63, 3.8) is 0 Å². The smallest absolute Gasteiger partial charge is 0.282 e. The lowest BCUT2D eigenvalue weighted by molar-refractivity contribution is 0.358. The molecule has 1 aliphatic rings. The fourth-order valence-electron chi connectivity index (χ4n) is 3.23. The zero-order valence-electron chi connectivity index (χ0n) is 15.9. The van der Waals surface area contributed by atoms with Crippen LogP contribution in [0.4, 0.5) is 10.3 Å². The van der Waals surface area contributed by atoms with Crippen LogP contribution in [0.1, 0.15) is 24.6 Å². The van der Waals surface area contributed by atoms with Gasteiger partial charge in [-0.3, -0.25) is 0 Å². The maximum atomic E-state index is 13.8. The van der Waals surface area contributed by atoms with Crippen LogP contribution in [0.3, 0.4) is 0 Å². The van der Waals surface area contributed by atoms with Gasteiger partial charge in [0.05, 0.1) is 11.7 Å². The minimum atomic E-state index is -3.60. The molecular weight excluding hydrogens is 369 g/mol. The zero-order valence-corrected chi connectivity index (χ0v) is 16.7. The second-order valence-corrected chi connectivity index (χ2v) is 9.03. The topological polar surface area (TPSA) is 69.6 Å². The lowest BCUT2D eigenvalue weighted by Gasteiger charge is -2.28. The normalized spacial score (nSPS) is 18.2. The summed E-state index contributed by atoms with van der Waals surface area (Å²) in [7, 11) is 3.09. The van der Waals surface area contributed by atoms with E-state index in [1.165, 1.54) is 34.8 Å². The van der Waals surface area contributed by atoms with Crippen molar-refractivity contribution in [2.75, 3.05) is 39.6 Å². The summed E-state index contributed by atoms with van der Waals surface area (Å²) in [6, 6.07) is 5.77. The van der Waals surface area contributed by atoms with E-state index in [0.717, 1.165) is 6.42 Å². The lowest BCUT2D eigenvalue weighted by atomic mass is 10.0. The van der Waals surface area contributed by atoms with Gasteiger partial charge in [-0.15, -0.1) is 0 Å². The Labute approximate surface area is 159 Å². The average molecular weight is 393 g/mol. The third-order valence-electron chi connectivity index (χ3n) is 4.62. The van der Waals surface area contributed by atoms with E-state index >= 15 is 0 Å². The van der Waals surface area contributed by atoms with Crippen LogP contribution in [0.2, 0.25) is 0 Å². The number of aromatic nitrogens is 2. The highest BCUT2D eigenvalue weighted by atomic mass is 32.2. The van der Waals surface area contributed by atoms with Crippen molar-refractivity contribution in [3.05, 3.63) is 42.0 Å². The van der Waals surface area contributed by atoms with Gasteiger partial charge < -0.3 is 4.90 Å². The zero-order chi connectivity index (χ0) is 19.8. The third-order valence-corrected chi connectivity index (χ3v) is 6.57. The molecule has 0 N–H and O–H groups in total. The largest absolute Gasteiger partial charge is 0.347 e. The molecule has 3 rings (SSSR count). The third kappa shape index (κ3) is 3.80. The van der Waals surface area contributed by atoms with Gasteiger partial charge in [-0.1, -0.05) is 12.1 Å². The van der Waals surface area contributed by atoms with Gasteiger partial charge in [-0.05, 0) is 30.5 Å². The van der Waals surface area contributed by atoms with Crippen molar-refractivity contribution < 1.29 is 12.8 Å². The van der Waals surface area contributed by atoms with E-state index in [4.69, 9.17) is 0 Å². The molecule has 146 valence electrons. The maximum absolute atomic E-state index is 13.8. The Balaban J connectivity index is 2.16. The molecule has 0 bridgehead atoms. The number of anilines is 1. The Morgan fingerprint density at radius 1 is 1.22 bits per heavy atom. The maximum Gasteiger partial charge on any atom is 0.282 e. The summed E-state index contributed by atoms with van der Waals surface area (Å²) in [5, 5.41) is 0. The highest BCUT2D eigenvalue weighted by Crippen LogP contribution is 2.39. The summed E-state index contributed by atoms with van der Waals surface area (Å²) in [6.07, 6.45) is 3.03. The quantitative estimate of drug-likeness (QED) is 0.780. The van der Waals surface area contributed by atoms with Gasteiger partial charge in [-0.2, -0.15) is 17.0 Å². The molecule has 9 heteroatoms. The van der Waals surface area contributed by atoms with E-state index in [0.29, 0.717) is 35.7 Å². The molecule has 2 aromatic rings. The van der Waals surface area contributed by atoms with Crippen molar-refractivity contribution >= 4 is 16.2 Å². The second kappa shape index (κ2) is 7.49. The van der Waals surface area contributed by atoms with Gasteiger partial charge in [-0.25, -0.2) is 14.4 Å². The van der Waals surface area contributed by atoms with Gasteiger partial charge in [0.1, 0.15) is 5.82 Å². The first kappa shape index (κ1) is 19.7. The molecule has 7 nitrogen and oxygen atoms in total. The molecule has 0 aliphatic carbocycles. The highest BCUT2D eigenvalue weighted by molar-refractivity contribution is 7.86. The molecule has 1 aliphatic heterocycles. The predicted octanol–water partition coefficient (Wildman–Crippen LogP) is 2.29. The molecule has 0 amide bonds. The predicted molar refractivity (Wildman–Crippen MR) is 103 cm³/mol. The first-order valence-corrected chi connectivity index (χ1v) is 10.1. The van der Waals surface area contributed by atoms with Gasteiger partial charge in [0.25, 0.3) is 10.2 Å². The molecule has 1 aromatic carbocycles. The van der Waals surface area contributed by atoms with Gasteiger partial charge in [0, 0.05) is 46.5 Å². The summed E-state index contributed by atoms with van der Waals surface area (Å²) < 4.78 is 42.0. The van der Waals surface area contributed by atoms with E-state index in [9.17, 15) is 12.8 Å². The molecule has 1 fully saturated rings. The fourth-order valence-corrected chi connectivity index (χ4v) is 4.54. The number of hydrogen-bond acceptors (Lipinski definition) is 5. The SMILES string of the molecule is CN(C)c1ncc(-c2cccc(F)c2)c(C2CCCN2S(=O)(=O)N(C)C)n1. The van der Waals surface area contributed by atoms with Gasteiger partial charge >= 0.3 is 0 Å². The summed E-state index contributed by atoms with van der Waals surface area (Å²) in [4.78, 5) is 10.8. The minimum absolute atomic E-state index is 0.362. The first-order chi connectivity index (χ1) is 12.7. The molecule has 0 saturated carbocycles. The monoisotopic (exact) mass is 393 g/mol. The van der Waals surface area contributed by atoms with Crippen molar-refractivity contribution in [2.45, 2.75) is 18.9 Å². The lowest BCUT2D eigenvalue weighted by Crippen LogP contribution is -2.40. The number of hydrogen-bond donors (Lipinski definition) is 0. The molecule has 0 radical (unpaired) electrons.